The first kappa shape index (κ1) is 21.5. The van der Waals surface area contributed by atoms with Crippen LogP contribution in [0.25, 0.3) is 0 Å². The molecule has 27 heavy (non-hydrogen) atoms. The van der Waals surface area contributed by atoms with Crippen molar-refractivity contribution in [2.75, 3.05) is 0 Å². The van der Waals surface area contributed by atoms with Gasteiger partial charge in [-0.1, -0.05) is 0 Å². The number of aromatic nitrogens is 2. The average Bonchev–Trinajstić information content (AvgIpc) is 2.71. The van der Waals surface area contributed by atoms with E-state index in [-0.39, 0.29) is 11.4 Å². The average molecular weight is 564 g/mol. The Balaban J connectivity index is 1.77. The van der Waals surface area contributed by atoms with Crippen LogP contribution in [0.3, 0.4) is 0 Å². The van der Waals surface area contributed by atoms with Crippen molar-refractivity contribution >= 4 is 37.1 Å². The SMILES string of the molecule is CCCCc1ccc(C(=O)[O][Pb][O]C(=O)c2ccc(CCCC)cn2)nc1. The molecule has 0 aliphatic carbocycles. The van der Waals surface area contributed by atoms with E-state index in [1.54, 1.807) is 24.5 Å². The molecule has 0 bridgehead atoms. The minimum absolute atomic E-state index is 0.234. The molecule has 0 aromatic carbocycles. The first-order valence-electron chi connectivity index (χ1n) is 9.21. The number of unbranched alkanes of at least 4 members (excludes halogenated alkanes) is 2. The molecule has 2 aromatic heterocycles. The van der Waals surface area contributed by atoms with Crippen molar-refractivity contribution in [2.45, 2.75) is 52.4 Å². The monoisotopic (exact) mass is 564 g/mol. The molecule has 0 N–H and O–H groups in total. The van der Waals surface area contributed by atoms with Crippen molar-refractivity contribution in [2.24, 2.45) is 0 Å². The van der Waals surface area contributed by atoms with Crippen molar-refractivity contribution < 1.29 is 15.0 Å². The number of carbonyl (C=O) groups is 2. The van der Waals surface area contributed by atoms with Gasteiger partial charge in [0.05, 0.1) is 0 Å². The van der Waals surface area contributed by atoms with E-state index < -0.39 is 37.1 Å². The van der Waals surface area contributed by atoms with Crippen LogP contribution in [0, 0.1) is 0 Å². The van der Waals surface area contributed by atoms with Crippen LogP contribution in [0.4, 0.5) is 0 Å². The predicted octanol–water partition coefficient (Wildman–Crippen LogP) is 3.71. The molecule has 0 saturated heterocycles. The summed E-state index contributed by atoms with van der Waals surface area (Å²) < 4.78 is 10.3. The maximum absolute atomic E-state index is 12.0. The number of rotatable bonds is 10. The van der Waals surface area contributed by atoms with E-state index in [9.17, 15) is 9.59 Å². The third kappa shape index (κ3) is 7.36. The van der Waals surface area contributed by atoms with Gasteiger partial charge >= 0.3 is 174 Å². The predicted molar refractivity (Wildman–Crippen MR) is 102 cm³/mol. The van der Waals surface area contributed by atoms with E-state index in [0.29, 0.717) is 0 Å². The summed E-state index contributed by atoms with van der Waals surface area (Å²) in [7, 11) is 0. The molecule has 0 saturated carbocycles. The molecule has 6 nitrogen and oxygen atoms in total. The van der Waals surface area contributed by atoms with Crippen molar-refractivity contribution in [1.82, 2.24) is 9.97 Å². The topological polar surface area (TPSA) is 78.4 Å². The fourth-order valence-corrected chi connectivity index (χ4v) is 3.91. The van der Waals surface area contributed by atoms with Crippen molar-refractivity contribution in [3.8, 4) is 0 Å². The van der Waals surface area contributed by atoms with Gasteiger partial charge in [-0.2, -0.15) is 0 Å². The molecule has 142 valence electrons. The van der Waals surface area contributed by atoms with Gasteiger partial charge in [-0.05, 0) is 0 Å². The van der Waals surface area contributed by atoms with Gasteiger partial charge in [-0.15, -0.1) is 0 Å². The zero-order chi connectivity index (χ0) is 19.5. The van der Waals surface area contributed by atoms with Crippen LogP contribution >= 0.6 is 0 Å². The first-order valence-corrected chi connectivity index (χ1v) is 12.4. The van der Waals surface area contributed by atoms with Crippen LogP contribution in [0.1, 0.15) is 71.6 Å². The molecule has 2 rings (SSSR count). The van der Waals surface area contributed by atoms with Gasteiger partial charge in [0.2, 0.25) is 0 Å². The van der Waals surface area contributed by atoms with Crippen LogP contribution in [0.2, 0.25) is 0 Å². The number of carbonyl (C=O) groups excluding carboxylic acids is 2. The van der Waals surface area contributed by atoms with Gasteiger partial charge in [0.1, 0.15) is 0 Å². The van der Waals surface area contributed by atoms with Crippen LogP contribution in [-0.4, -0.2) is 47.0 Å². The molecule has 0 amide bonds. The second-order valence-electron chi connectivity index (χ2n) is 6.17. The van der Waals surface area contributed by atoms with Crippen LogP contribution < -0.4 is 0 Å². The zero-order valence-corrected chi connectivity index (χ0v) is 19.6. The summed E-state index contributed by atoms with van der Waals surface area (Å²) in [5.74, 6) is -1.09. The maximum atomic E-state index is 12.0. The quantitative estimate of drug-likeness (QED) is 0.411. The van der Waals surface area contributed by atoms with Gasteiger partial charge in [0, 0.05) is 0 Å². The summed E-state index contributed by atoms with van der Waals surface area (Å²) in [5.41, 5.74) is 2.65. The molecule has 0 aliphatic rings. The number of hydrogen-bond donors (Lipinski definition) is 0. The van der Waals surface area contributed by atoms with Crippen LogP contribution in [-0.2, 0) is 18.2 Å². The molecule has 0 spiro atoms. The van der Waals surface area contributed by atoms with E-state index in [4.69, 9.17) is 5.37 Å². The fraction of sp³-hybridized carbons (Fsp3) is 0.400. The van der Waals surface area contributed by atoms with Gasteiger partial charge in [-0.3, -0.25) is 0 Å². The number of aryl methyl sites for hydroxylation is 2. The Morgan fingerprint density at radius 3 is 1.59 bits per heavy atom. The second-order valence-corrected chi connectivity index (χ2v) is 8.41. The molecule has 0 atom stereocenters. The summed E-state index contributed by atoms with van der Waals surface area (Å²) in [6, 6.07) is 7.05. The van der Waals surface area contributed by atoms with Gasteiger partial charge < -0.3 is 0 Å². The Morgan fingerprint density at radius 2 is 1.26 bits per heavy atom. The van der Waals surface area contributed by atoms with Gasteiger partial charge in [-0.25, -0.2) is 0 Å². The third-order valence-electron chi connectivity index (χ3n) is 3.97. The fourth-order valence-electron chi connectivity index (χ4n) is 2.35. The van der Waals surface area contributed by atoms with E-state index in [2.05, 4.69) is 23.8 Å². The van der Waals surface area contributed by atoms with Crippen LogP contribution in [0.15, 0.2) is 36.7 Å². The molecule has 0 aliphatic heterocycles. The van der Waals surface area contributed by atoms with Gasteiger partial charge in [0.25, 0.3) is 0 Å². The van der Waals surface area contributed by atoms with Crippen molar-refractivity contribution in [3.05, 3.63) is 59.2 Å². The number of hydrogen-bond acceptors (Lipinski definition) is 6. The normalized spacial score (nSPS) is 10.4. The minimum atomic E-state index is -2.32. The first-order chi connectivity index (χ1) is 13.1. The third-order valence-corrected chi connectivity index (χ3v) is 6.06. The summed E-state index contributed by atoms with van der Waals surface area (Å²) in [4.78, 5) is 32.2. The van der Waals surface area contributed by atoms with E-state index in [0.717, 1.165) is 49.7 Å². The molecular weight excluding hydrogens is 539 g/mol. The Bertz CT molecular complexity index is 669. The molecule has 2 radical (unpaired) electrons. The van der Waals surface area contributed by atoms with E-state index in [1.165, 1.54) is 0 Å². The Morgan fingerprint density at radius 1 is 0.815 bits per heavy atom. The standard InChI is InChI=1S/2C10H13NO2.Pb/c2*1-2-3-4-8-5-6-9(10(12)13)11-7-8;/h2*5-7H,2-4H2,1H3,(H,12,13);/q;;+2/p-2. The molecular formula is C20H24N2O4Pb. The van der Waals surface area contributed by atoms with E-state index >= 15 is 0 Å². The van der Waals surface area contributed by atoms with Crippen molar-refractivity contribution in [3.63, 3.8) is 0 Å². The molecule has 2 heterocycles. The van der Waals surface area contributed by atoms with E-state index in [1.807, 2.05) is 12.1 Å². The Labute approximate surface area is 173 Å². The summed E-state index contributed by atoms with van der Waals surface area (Å²) in [6.07, 6.45) is 9.66. The summed E-state index contributed by atoms with van der Waals surface area (Å²) in [5, 5.41) is 0. The number of pyridine rings is 2. The molecule has 7 heteroatoms. The second kappa shape index (κ2) is 11.8. The number of nitrogens with zero attached hydrogens (tertiary/aromatic N) is 2. The van der Waals surface area contributed by atoms with Crippen molar-refractivity contribution in [1.29, 1.82) is 0 Å². The molecule has 0 unspecified atom stereocenters. The Kier molecular flexibility index (Phi) is 9.37. The summed E-state index contributed by atoms with van der Waals surface area (Å²) >= 11 is -2.32. The zero-order valence-electron chi connectivity index (χ0n) is 15.7. The Hall–Kier alpha value is -1.84. The summed E-state index contributed by atoms with van der Waals surface area (Å²) in [6.45, 7) is 4.26. The molecule has 2 aromatic rings. The van der Waals surface area contributed by atoms with Crippen LogP contribution in [0.5, 0.6) is 0 Å². The molecule has 0 fully saturated rings. The van der Waals surface area contributed by atoms with Gasteiger partial charge in [0.15, 0.2) is 0 Å².